The highest BCUT2D eigenvalue weighted by Gasteiger charge is 2.62. The molecule has 1 atom stereocenters. The van der Waals surface area contributed by atoms with E-state index in [1.54, 1.807) is 0 Å². The largest absolute Gasteiger partial charge is 0.467 e. The first kappa shape index (κ1) is 10.3. The summed E-state index contributed by atoms with van der Waals surface area (Å²) in [5, 5.41) is 2.16. The molecular weight excluding hydrogens is 187 g/mol. The van der Waals surface area contributed by atoms with Crippen LogP contribution in [0.15, 0.2) is 0 Å². The van der Waals surface area contributed by atoms with E-state index in [0.717, 1.165) is 7.11 Å². The molecular formula is C7H10F3NO2. The molecule has 1 aliphatic heterocycles. The van der Waals surface area contributed by atoms with Crippen LogP contribution in [0.5, 0.6) is 0 Å². The Labute approximate surface area is 73.2 Å². The molecule has 0 amide bonds. The van der Waals surface area contributed by atoms with Crippen molar-refractivity contribution in [1.82, 2.24) is 5.32 Å². The number of alkyl halides is 3. The van der Waals surface area contributed by atoms with E-state index < -0.39 is 17.7 Å². The Balaban J connectivity index is 2.94. The van der Waals surface area contributed by atoms with Crippen molar-refractivity contribution in [3.8, 4) is 0 Å². The molecule has 0 spiro atoms. The van der Waals surface area contributed by atoms with Gasteiger partial charge in [-0.3, -0.25) is 5.32 Å². The number of carbonyl (C=O) groups excluding carboxylic acids is 1. The normalized spacial score (nSPS) is 28.9. The average molecular weight is 197 g/mol. The third-order valence-electron chi connectivity index (χ3n) is 2.17. The van der Waals surface area contributed by atoms with Gasteiger partial charge in [-0.2, -0.15) is 13.2 Å². The van der Waals surface area contributed by atoms with Gasteiger partial charge in [-0.25, -0.2) is 4.79 Å². The van der Waals surface area contributed by atoms with Crippen molar-refractivity contribution in [2.75, 3.05) is 13.7 Å². The van der Waals surface area contributed by atoms with Crippen molar-refractivity contribution < 1.29 is 22.7 Å². The van der Waals surface area contributed by atoms with Gasteiger partial charge in [0.05, 0.1) is 7.11 Å². The minimum Gasteiger partial charge on any atom is -0.467 e. The molecule has 6 heteroatoms. The van der Waals surface area contributed by atoms with E-state index in [9.17, 15) is 18.0 Å². The van der Waals surface area contributed by atoms with Crippen LogP contribution in [0.1, 0.15) is 12.8 Å². The molecule has 0 aromatic heterocycles. The molecule has 0 bridgehead atoms. The van der Waals surface area contributed by atoms with E-state index in [1.165, 1.54) is 0 Å². The fraction of sp³-hybridized carbons (Fsp3) is 0.857. The number of methoxy groups -OCH3 is 1. The lowest BCUT2D eigenvalue weighted by Crippen LogP contribution is -2.59. The van der Waals surface area contributed by atoms with E-state index in [4.69, 9.17) is 0 Å². The van der Waals surface area contributed by atoms with Crippen LogP contribution >= 0.6 is 0 Å². The van der Waals surface area contributed by atoms with Gasteiger partial charge in [0.1, 0.15) is 0 Å². The molecule has 1 aliphatic rings. The third kappa shape index (κ3) is 1.50. The molecule has 1 rings (SSSR count). The monoisotopic (exact) mass is 197 g/mol. The van der Waals surface area contributed by atoms with E-state index in [-0.39, 0.29) is 13.0 Å². The smallest absolute Gasteiger partial charge is 0.417 e. The van der Waals surface area contributed by atoms with E-state index in [0.29, 0.717) is 6.42 Å². The minimum absolute atomic E-state index is 0.189. The van der Waals surface area contributed by atoms with E-state index in [2.05, 4.69) is 10.1 Å². The summed E-state index contributed by atoms with van der Waals surface area (Å²) in [5.74, 6) is -1.25. The summed E-state index contributed by atoms with van der Waals surface area (Å²) in [7, 11) is 0.954. The van der Waals surface area contributed by atoms with Crippen molar-refractivity contribution in [2.24, 2.45) is 0 Å². The minimum atomic E-state index is -4.59. The molecule has 13 heavy (non-hydrogen) atoms. The molecule has 1 heterocycles. The van der Waals surface area contributed by atoms with Crippen LogP contribution in [0.2, 0.25) is 0 Å². The second kappa shape index (κ2) is 3.17. The molecule has 1 unspecified atom stereocenters. The van der Waals surface area contributed by atoms with Gasteiger partial charge in [-0.05, 0) is 19.4 Å². The number of rotatable bonds is 1. The lowest BCUT2D eigenvalue weighted by molar-refractivity contribution is -0.208. The Morgan fingerprint density at radius 3 is 2.46 bits per heavy atom. The van der Waals surface area contributed by atoms with Crippen LogP contribution < -0.4 is 5.32 Å². The van der Waals surface area contributed by atoms with Crippen molar-refractivity contribution in [2.45, 2.75) is 24.6 Å². The number of hydrogen-bond donors (Lipinski definition) is 1. The summed E-state index contributed by atoms with van der Waals surface area (Å²) >= 11 is 0. The first-order chi connectivity index (χ1) is 5.94. The fourth-order valence-electron chi connectivity index (χ4n) is 1.45. The highest BCUT2D eigenvalue weighted by atomic mass is 19.4. The summed E-state index contributed by atoms with van der Waals surface area (Å²) in [5.41, 5.74) is -2.47. The van der Waals surface area contributed by atoms with E-state index >= 15 is 0 Å². The van der Waals surface area contributed by atoms with Gasteiger partial charge in [0.15, 0.2) is 0 Å². The molecule has 3 nitrogen and oxygen atoms in total. The zero-order chi connectivity index (χ0) is 10.1. The summed E-state index contributed by atoms with van der Waals surface area (Å²) in [6, 6.07) is 0. The number of hydrogen-bond acceptors (Lipinski definition) is 3. The second-order valence-corrected chi connectivity index (χ2v) is 2.93. The van der Waals surface area contributed by atoms with Gasteiger partial charge in [0.25, 0.3) is 0 Å². The van der Waals surface area contributed by atoms with Gasteiger partial charge in [0, 0.05) is 0 Å². The van der Waals surface area contributed by atoms with Crippen LogP contribution in [0.4, 0.5) is 13.2 Å². The summed E-state index contributed by atoms with van der Waals surface area (Å²) in [6.07, 6.45) is -4.51. The van der Waals surface area contributed by atoms with Crippen molar-refractivity contribution >= 4 is 5.97 Å². The SMILES string of the molecule is COC(=O)C1(C(F)(F)F)CCCN1. The highest BCUT2D eigenvalue weighted by Crippen LogP contribution is 2.37. The zero-order valence-corrected chi connectivity index (χ0v) is 7.07. The number of halogens is 3. The third-order valence-corrected chi connectivity index (χ3v) is 2.17. The van der Waals surface area contributed by atoms with Crippen LogP contribution in [0.25, 0.3) is 0 Å². The zero-order valence-electron chi connectivity index (χ0n) is 7.07. The Kier molecular flexibility index (Phi) is 2.51. The van der Waals surface area contributed by atoms with Crippen LogP contribution in [0.3, 0.4) is 0 Å². The molecule has 1 saturated heterocycles. The van der Waals surface area contributed by atoms with Crippen molar-refractivity contribution in [1.29, 1.82) is 0 Å². The van der Waals surface area contributed by atoms with Gasteiger partial charge >= 0.3 is 12.1 Å². The number of nitrogens with one attached hydrogen (secondary N) is 1. The van der Waals surface area contributed by atoms with Gasteiger partial charge < -0.3 is 4.74 Å². The van der Waals surface area contributed by atoms with Crippen LogP contribution in [0, 0.1) is 0 Å². The lowest BCUT2D eigenvalue weighted by atomic mass is 9.97. The topological polar surface area (TPSA) is 38.3 Å². The first-order valence-electron chi connectivity index (χ1n) is 3.84. The van der Waals surface area contributed by atoms with Gasteiger partial charge in [-0.15, -0.1) is 0 Å². The Hall–Kier alpha value is -0.780. The Bertz CT molecular complexity index is 208. The van der Waals surface area contributed by atoms with Gasteiger partial charge in [0.2, 0.25) is 5.54 Å². The number of ether oxygens (including phenoxy) is 1. The Morgan fingerprint density at radius 2 is 2.15 bits per heavy atom. The summed E-state index contributed by atoms with van der Waals surface area (Å²) in [6.45, 7) is 0.189. The van der Waals surface area contributed by atoms with Crippen molar-refractivity contribution in [3.05, 3.63) is 0 Å². The quantitative estimate of drug-likeness (QED) is 0.633. The second-order valence-electron chi connectivity index (χ2n) is 2.93. The maximum Gasteiger partial charge on any atom is 0.417 e. The van der Waals surface area contributed by atoms with Crippen molar-refractivity contribution in [3.63, 3.8) is 0 Å². The molecule has 1 N–H and O–H groups in total. The molecule has 0 aliphatic carbocycles. The summed E-state index contributed by atoms with van der Waals surface area (Å²) < 4.78 is 41.6. The average Bonchev–Trinajstić information content (AvgIpc) is 2.50. The number of esters is 1. The van der Waals surface area contributed by atoms with Crippen LogP contribution in [-0.4, -0.2) is 31.3 Å². The molecule has 0 saturated carbocycles. The molecule has 0 radical (unpaired) electrons. The molecule has 0 aromatic rings. The molecule has 1 fully saturated rings. The first-order valence-corrected chi connectivity index (χ1v) is 3.84. The lowest BCUT2D eigenvalue weighted by Gasteiger charge is -2.28. The Morgan fingerprint density at radius 1 is 1.54 bits per heavy atom. The predicted molar refractivity (Wildman–Crippen MR) is 38.0 cm³/mol. The highest BCUT2D eigenvalue weighted by molar-refractivity contribution is 5.82. The van der Waals surface area contributed by atoms with Gasteiger partial charge in [-0.1, -0.05) is 0 Å². The predicted octanol–water partition coefficient (Wildman–Crippen LogP) is 0.844. The molecule has 76 valence electrons. The standard InChI is InChI=1S/C7H10F3NO2/c1-13-5(12)6(7(8,9)10)3-2-4-11-6/h11H,2-4H2,1H3. The number of carbonyl (C=O) groups is 1. The van der Waals surface area contributed by atoms with E-state index in [1.807, 2.05) is 0 Å². The fourth-order valence-corrected chi connectivity index (χ4v) is 1.45. The maximum absolute atomic E-state index is 12.5. The van der Waals surface area contributed by atoms with Crippen LogP contribution in [-0.2, 0) is 9.53 Å². The maximum atomic E-state index is 12.5. The molecule has 0 aromatic carbocycles. The summed E-state index contributed by atoms with van der Waals surface area (Å²) in [4.78, 5) is 11.0.